The van der Waals surface area contributed by atoms with E-state index in [4.69, 9.17) is 4.42 Å². The first-order chi connectivity index (χ1) is 10.2. The third kappa shape index (κ3) is 3.28. The van der Waals surface area contributed by atoms with Crippen molar-refractivity contribution in [1.29, 1.82) is 0 Å². The van der Waals surface area contributed by atoms with Gasteiger partial charge in [-0.3, -0.25) is 9.69 Å². The summed E-state index contributed by atoms with van der Waals surface area (Å²) in [6.45, 7) is 3.56. The molecule has 0 radical (unpaired) electrons. The van der Waals surface area contributed by atoms with Crippen molar-refractivity contribution in [2.24, 2.45) is 0 Å². The Labute approximate surface area is 122 Å². The number of furan rings is 1. The van der Waals surface area contributed by atoms with Gasteiger partial charge in [0.05, 0.1) is 12.8 Å². The number of piperazine rings is 1. The van der Waals surface area contributed by atoms with E-state index >= 15 is 0 Å². The second-order valence-electron chi connectivity index (χ2n) is 5.01. The maximum atomic E-state index is 13.1. The Morgan fingerprint density at radius 1 is 1.29 bits per heavy atom. The maximum Gasteiger partial charge on any atom is 0.254 e. The number of carbonyl (C=O) groups excluding carboxylic acids is 1. The SMILES string of the molecule is O=C(c1ccnc(F)c1)N1CCN(Cc2ccco2)CC1. The number of hydrogen-bond donors (Lipinski definition) is 0. The van der Waals surface area contributed by atoms with Gasteiger partial charge in [-0.05, 0) is 18.2 Å². The Balaban J connectivity index is 1.57. The number of amides is 1. The minimum absolute atomic E-state index is 0.144. The molecule has 110 valence electrons. The summed E-state index contributed by atoms with van der Waals surface area (Å²) in [7, 11) is 0. The largest absolute Gasteiger partial charge is 0.468 e. The van der Waals surface area contributed by atoms with Gasteiger partial charge in [0.1, 0.15) is 5.76 Å². The van der Waals surface area contributed by atoms with Gasteiger partial charge < -0.3 is 9.32 Å². The molecule has 5 nitrogen and oxygen atoms in total. The molecule has 2 aromatic heterocycles. The zero-order valence-electron chi connectivity index (χ0n) is 11.5. The third-order valence-corrected chi connectivity index (χ3v) is 3.59. The number of aromatic nitrogens is 1. The van der Waals surface area contributed by atoms with Crippen LogP contribution in [0.25, 0.3) is 0 Å². The summed E-state index contributed by atoms with van der Waals surface area (Å²) < 4.78 is 18.4. The lowest BCUT2D eigenvalue weighted by atomic mass is 10.2. The molecule has 1 aliphatic rings. The second-order valence-corrected chi connectivity index (χ2v) is 5.01. The van der Waals surface area contributed by atoms with Crippen LogP contribution in [-0.4, -0.2) is 46.9 Å². The number of hydrogen-bond acceptors (Lipinski definition) is 4. The average Bonchev–Trinajstić information content (AvgIpc) is 3.00. The number of pyridine rings is 1. The Morgan fingerprint density at radius 3 is 2.76 bits per heavy atom. The number of carbonyl (C=O) groups is 1. The minimum Gasteiger partial charge on any atom is -0.468 e. The molecule has 1 saturated heterocycles. The van der Waals surface area contributed by atoms with Crippen LogP contribution in [0.15, 0.2) is 41.1 Å². The van der Waals surface area contributed by atoms with Crippen molar-refractivity contribution in [3.63, 3.8) is 0 Å². The van der Waals surface area contributed by atoms with E-state index < -0.39 is 5.95 Å². The predicted molar refractivity (Wildman–Crippen MR) is 74.1 cm³/mol. The lowest BCUT2D eigenvalue weighted by Crippen LogP contribution is -2.48. The molecule has 0 aromatic carbocycles. The van der Waals surface area contributed by atoms with Crippen LogP contribution in [0.4, 0.5) is 4.39 Å². The highest BCUT2D eigenvalue weighted by Gasteiger charge is 2.22. The maximum absolute atomic E-state index is 13.1. The van der Waals surface area contributed by atoms with Gasteiger partial charge in [0.2, 0.25) is 5.95 Å². The summed E-state index contributed by atoms with van der Waals surface area (Å²) >= 11 is 0. The van der Waals surface area contributed by atoms with Gasteiger partial charge in [0, 0.05) is 44.0 Å². The van der Waals surface area contributed by atoms with Gasteiger partial charge >= 0.3 is 0 Å². The fourth-order valence-corrected chi connectivity index (χ4v) is 2.45. The Morgan fingerprint density at radius 2 is 2.10 bits per heavy atom. The van der Waals surface area contributed by atoms with Gasteiger partial charge in [-0.15, -0.1) is 0 Å². The van der Waals surface area contributed by atoms with Crippen molar-refractivity contribution >= 4 is 5.91 Å². The summed E-state index contributed by atoms with van der Waals surface area (Å²) in [6, 6.07) is 6.53. The minimum atomic E-state index is -0.627. The van der Waals surface area contributed by atoms with Crippen LogP contribution in [0, 0.1) is 5.95 Å². The summed E-state index contributed by atoms with van der Waals surface area (Å²) in [5, 5.41) is 0. The van der Waals surface area contributed by atoms with E-state index in [9.17, 15) is 9.18 Å². The van der Waals surface area contributed by atoms with E-state index in [1.54, 1.807) is 17.2 Å². The van der Waals surface area contributed by atoms with Crippen LogP contribution < -0.4 is 0 Å². The number of nitrogens with zero attached hydrogens (tertiary/aromatic N) is 3. The molecule has 6 heteroatoms. The lowest BCUT2D eigenvalue weighted by Gasteiger charge is -2.34. The molecule has 3 rings (SSSR count). The Kier molecular flexibility index (Phi) is 3.96. The van der Waals surface area contributed by atoms with Gasteiger partial charge in [0.25, 0.3) is 5.91 Å². The molecular weight excluding hydrogens is 273 g/mol. The molecule has 0 unspecified atom stereocenters. The quantitative estimate of drug-likeness (QED) is 0.808. The molecule has 0 saturated carbocycles. The first kappa shape index (κ1) is 13.8. The number of halogens is 1. The molecule has 1 amide bonds. The van der Waals surface area contributed by atoms with Crippen LogP contribution in [-0.2, 0) is 6.54 Å². The smallest absolute Gasteiger partial charge is 0.254 e. The average molecular weight is 289 g/mol. The molecule has 0 atom stereocenters. The molecule has 0 bridgehead atoms. The molecule has 0 aliphatic carbocycles. The van der Waals surface area contributed by atoms with Crippen LogP contribution >= 0.6 is 0 Å². The normalized spacial score (nSPS) is 16.1. The van der Waals surface area contributed by atoms with Crippen molar-refractivity contribution in [3.05, 3.63) is 54.0 Å². The van der Waals surface area contributed by atoms with E-state index in [1.807, 2.05) is 12.1 Å². The van der Waals surface area contributed by atoms with Gasteiger partial charge in [-0.25, -0.2) is 4.98 Å². The molecule has 3 heterocycles. The number of rotatable bonds is 3. The summed E-state index contributed by atoms with van der Waals surface area (Å²) in [4.78, 5) is 19.7. The Hall–Kier alpha value is -2.21. The van der Waals surface area contributed by atoms with E-state index in [0.29, 0.717) is 18.7 Å². The highest BCUT2D eigenvalue weighted by molar-refractivity contribution is 5.94. The first-order valence-corrected chi connectivity index (χ1v) is 6.88. The fraction of sp³-hybridized carbons (Fsp3) is 0.333. The standard InChI is InChI=1S/C15H16FN3O2/c16-14-10-12(3-4-17-14)15(20)19-7-5-18(6-8-19)11-13-2-1-9-21-13/h1-4,9-10H,5-8,11H2. The molecule has 1 aliphatic heterocycles. The topological polar surface area (TPSA) is 49.6 Å². The third-order valence-electron chi connectivity index (χ3n) is 3.59. The van der Waals surface area contributed by atoms with E-state index in [2.05, 4.69) is 9.88 Å². The lowest BCUT2D eigenvalue weighted by molar-refractivity contribution is 0.0619. The van der Waals surface area contributed by atoms with Crippen molar-refractivity contribution < 1.29 is 13.6 Å². The van der Waals surface area contributed by atoms with E-state index in [-0.39, 0.29) is 5.91 Å². The molecule has 0 spiro atoms. The molecule has 21 heavy (non-hydrogen) atoms. The van der Waals surface area contributed by atoms with Crippen molar-refractivity contribution in [2.75, 3.05) is 26.2 Å². The monoisotopic (exact) mass is 289 g/mol. The molecular formula is C15H16FN3O2. The fourth-order valence-electron chi connectivity index (χ4n) is 2.45. The highest BCUT2D eigenvalue weighted by atomic mass is 19.1. The zero-order chi connectivity index (χ0) is 14.7. The van der Waals surface area contributed by atoms with Gasteiger partial charge in [-0.1, -0.05) is 0 Å². The zero-order valence-corrected chi connectivity index (χ0v) is 11.5. The van der Waals surface area contributed by atoms with Crippen molar-refractivity contribution in [1.82, 2.24) is 14.8 Å². The van der Waals surface area contributed by atoms with Crippen LogP contribution in [0.2, 0.25) is 0 Å². The summed E-state index contributed by atoms with van der Waals surface area (Å²) in [5.41, 5.74) is 0.349. The van der Waals surface area contributed by atoms with Gasteiger partial charge in [-0.2, -0.15) is 4.39 Å². The molecule has 2 aromatic rings. The van der Waals surface area contributed by atoms with Gasteiger partial charge in [0.15, 0.2) is 0 Å². The van der Waals surface area contributed by atoms with Crippen LogP contribution in [0.1, 0.15) is 16.1 Å². The summed E-state index contributed by atoms with van der Waals surface area (Å²) in [5.74, 6) is 0.150. The molecule has 1 fully saturated rings. The van der Waals surface area contributed by atoms with Crippen LogP contribution in [0.3, 0.4) is 0 Å². The molecule has 0 N–H and O–H groups in total. The highest BCUT2D eigenvalue weighted by Crippen LogP contribution is 2.12. The predicted octanol–water partition coefficient (Wildman–Crippen LogP) is 1.77. The van der Waals surface area contributed by atoms with Crippen molar-refractivity contribution in [3.8, 4) is 0 Å². The van der Waals surface area contributed by atoms with E-state index in [0.717, 1.165) is 25.4 Å². The second kappa shape index (κ2) is 6.05. The van der Waals surface area contributed by atoms with E-state index in [1.165, 1.54) is 12.3 Å². The Bertz CT molecular complexity index is 607. The van der Waals surface area contributed by atoms with Crippen LogP contribution in [0.5, 0.6) is 0 Å². The van der Waals surface area contributed by atoms with Crippen molar-refractivity contribution in [2.45, 2.75) is 6.54 Å². The first-order valence-electron chi connectivity index (χ1n) is 6.88. The summed E-state index contributed by atoms with van der Waals surface area (Å²) in [6.07, 6.45) is 2.98.